The third kappa shape index (κ3) is 1.93. The van der Waals surface area contributed by atoms with Crippen molar-refractivity contribution in [3.05, 3.63) is 71.0 Å². The predicted octanol–water partition coefficient (Wildman–Crippen LogP) is 3.27. The number of rotatable bonds is 2. The molecule has 0 aliphatic heterocycles. The highest BCUT2D eigenvalue weighted by Gasteiger charge is 2.30. The van der Waals surface area contributed by atoms with Gasteiger partial charge in [-0.1, -0.05) is 42.5 Å². The molecule has 92 valence electrons. The lowest BCUT2D eigenvalue weighted by molar-refractivity contribution is 0.123. The van der Waals surface area contributed by atoms with Gasteiger partial charge in [-0.25, -0.2) is 4.39 Å². The number of aliphatic hydroxyl groups excluding tert-OH is 1. The summed E-state index contributed by atoms with van der Waals surface area (Å²) in [6.07, 6.45) is 0.939. The number of halogens is 1. The van der Waals surface area contributed by atoms with Crippen molar-refractivity contribution in [2.75, 3.05) is 0 Å². The lowest BCUT2D eigenvalue weighted by Crippen LogP contribution is -2.11. The molecular formula is C16H15FO. The molecule has 0 radical (unpaired) electrons. The topological polar surface area (TPSA) is 20.2 Å². The van der Waals surface area contributed by atoms with Gasteiger partial charge in [0, 0.05) is 0 Å². The molecule has 0 bridgehead atoms. The first-order valence-electron chi connectivity index (χ1n) is 6.25. The van der Waals surface area contributed by atoms with Crippen LogP contribution in [0.4, 0.5) is 4.39 Å². The minimum absolute atomic E-state index is 0.0827. The molecule has 0 aromatic heterocycles. The average molecular weight is 242 g/mol. The second kappa shape index (κ2) is 4.54. The summed E-state index contributed by atoms with van der Waals surface area (Å²) in [5, 5.41) is 10.3. The van der Waals surface area contributed by atoms with Crippen molar-refractivity contribution in [1.82, 2.24) is 0 Å². The second-order valence-corrected chi connectivity index (χ2v) is 4.90. The Morgan fingerprint density at radius 2 is 1.78 bits per heavy atom. The van der Waals surface area contributed by atoms with Crippen molar-refractivity contribution in [2.45, 2.75) is 18.9 Å². The van der Waals surface area contributed by atoms with Gasteiger partial charge in [0.15, 0.2) is 0 Å². The monoisotopic (exact) mass is 242 g/mol. The highest BCUT2D eigenvalue weighted by Crippen LogP contribution is 2.37. The molecule has 1 N–H and O–H groups in total. The van der Waals surface area contributed by atoms with Gasteiger partial charge in [-0.15, -0.1) is 0 Å². The van der Waals surface area contributed by atoms with Gasteiger partial charge in [0.2, 0.25) is 0 Å². The van der Waals surface area contributed by atoms with Crippen molar-refractivity contribution in [3.63, 3.8) is 0 Å². The molecule has 2 aromatic carbocycles. The molecule has 2 aromatic rings. The largest absolute Gasteiger partial charge is 0.388 e. The zero-order chi connectivity index (χ0) is 12.5. The van der Waals surface area contributed by atoms with Crippen LogP contribution in [0.1, 0.15) is 22.8 Å². The maximum atomic E-state index is 13.6. The Hall–Kier alpha value is -1.67. The summed E-state index contributed by atoms with van der Waals surface area (Å²) >= 11 is 0. The second-order valence-electron chi connectivity index (χ2n) is 4.90. The minimum Gasteiger partial charge on any atom is -0.388 e. The smallest absolute Gasteiger partial charge is 0.126 e. The quantitative estimate of drug-likeness (QED) is 0.857. The standard InChI is InChI=1S/C16H15FO/c17-15-8-4-2-6-12(15)10-13-9-11-5-1-3-7-14(11)16(13)18/h1-8,13,16,18H,9-10H2. The fourth-order valence-electron chi connectivity index (χ4n) is 2.79. The summed E-state index contributed by atoms with van der Waals surface area (Å²) in [5.41, 5.74) is 2.87. The van der Waals surface area contributed by atoms with E-state index in [1.54, 1.807) is 12.1 Å². The van der Waals surface area contributed by atoms with Gasteiger partial charge >= 0.3 is 0 Å². The number of hydrogen-bond donors (Lipinski definition) is 1. The van der Waals surface area contributed by atoms with Crippen LogP contribution in [-0.2, 0) is 12.8 Å². The fraction of sp³-hybridized carbons (Fsp3) is 0.250. The van der Waals surface area contributed by atoms with Crippen LogP contribution in [0.25, 0.3) is 0 Å². The van der Waals surface area contributed by atoms with Crippen LogP contribution in [0.15, 0.2) is 48.5 Å². The first-order chi connectivity index (χ1) is 8.75. The third-order valence-corrected chi connectivity index (χ3v) is 3.74. The molecule has 1 aliphatic carbocycles. The third-order valence-electron chi connectivity index (χ3n) is 3.74. The number of benzene rings is 2. The predicted molar refractivity (Wildman–Crippen MR) is 68.7 cm³/mol. The molecule has 3 rings (SSSR count). The maximum Gasteiger partial charge on any atom is 0.126 e. The lowest BCUT2D eigenvalue weighted by atomic mass is 9.94. The molecule has 1 nitrogen and oxygen atoms in total. The SMILES string of the molecule is OC1c2ccccc2CC1Cc1ccccc1F. The molecule has 0 spiro atoms. The summed E-state index contributed by atoms with van der Waals surface area (Å²) in [6, 6.07) is 14.7. The van der Waals surface area contributed by atoms with E-state index in [1.165, 1.54) is 11.6 Å². The molecule has 1 aliphatic rings. The van der Waals surface area contributed by atoms with Gasteiger partial charge in [-0.3, -0.25) is 0 Å². The molecule has 2 unspecified atom stereocenters. The summed E-state index contributed by atoms with van der Waals surface area (Å²) in [5.74, 6) is -0.0973. The van der Waals surface area contributed by atoms with Crippen LogP contribution in [0, 0.1) is 11.7 Å². The van der Waals surface area contributed by atoms with Gasteiger partial charge < -0.3 is 5.11 Å². The van der Waals surface area contributed by atoms with E-state index in [-0.39, 0.29) is 11.7 Å². The number of aliphatic hydroxyl groups is 1. The van der Waals surface area contributed by atoms with E-state index in [0.29, 0.717) is 12.0 Å². The van der Waals surface area contributed by atoms with E-state index in [1.807, 2.05) is 30.3 Å². The molecule has 0 heterocycles. The van der Waals surface area contributed by atoms with E-state index in [9.17, 15) is 9.50 Å². The number of fused-ring (bicyclic) bond motifs is 1. The van der Waals surface area contributed by atoms with Crippen molar-refractivity contribution in [2.24, 2.45) is 5.92 Å². The van der Waals surface area contributed by atoms with Crippen LogP contribution in [-0.4, -0.2) is 5.11 Å². The molecule has 2 heteroatoms. The summed E-state index contributed by atoms with van der Waals surface area (Å²) < 4.78 is 13.6. The van der Waals surface area contributed by atoms with E-state index in [2.05, 4.69) is 0 Å². The molecule has 0 saturated heterocycles. The molecule has 18 heavy (non-hydrogen) atoms. The minimum atomic E-state index is -0.471. The number of hydrogen-bond acceptors (Lipinski definition) is 1. The zero-order valence-corrected chi connectivity index (χ0v) is 10.0. The van der Waals surface area contributed by atoms with Crippen LogP contribution in [0.5, 0.6) is 0 Å². The van der Waals surface area contributed by atoms with E-state index in [0.717, 1.165) is 12.0 Å². The van der Waals surface area contributed by atoms with Gasteiger partial charge in [0.25, 0.3) is 0 Å². The van der Waals surface area contributed by atoms with Crippen LogP contribution in [0.3, 0.4) is 0 Å². The van der Waals surface area contributed by atoms with Crippen molar-refractivity contribution in [3.8, 4) is 0 Å². The molecular weight excluding hydrogens is 227 g/mol. The maximum absolute atomic E-state index is 13.6. The highest BCUT2D eigenvalue weighted by atomic mass is 19.1. The molecule has 0 fully saturated rings. The average Bonchev–Trinajstić information content (AvgIpc) is 2.70. The summed E-state index contributed by atoms with van der Waals surface area (Å²) in [7, 11) is 0. The van der Waals surface area contributed by atoms with E-state index < -0.39 is 6.10 Å². The van der Waals surface area contributed by atoms with Gasteiger partial charge in [-0.05, 0) is 41.5 Å². The van der Waals surface area contributed by atoms with Gasteiger partial charge in [-0.2, -0.15) is 0 Å². The fourth-order valence-corrected chi connectivity index (χ4v) is 2.79. The van der Waals surface area contributed by atoms with E-state index >= 15 is 0 Å². The van der Waals surface area contributed by atoms with Gasteiger partial charge in [0.1, 0.15) is 5.82 Å². The molecule has 2 atom stereocenters. The Balaban J connectivity index is 1.83. The first kappa shape index (κ1) is 11.4. The molecule has 0 amide bonds. The van der Waals surface area contributed by atoms with Crippen LogP contribution >= 0.6 is 0 Å². The molecule has 0 saturated carbocycles. The Kier molecular flexibility index (Phi) is 2.88. The zero-order valence-electron chi connectivity index (χ0n) is 10.0. The summed E-state index contributed by atoms with van der Waals surface area (Å²) in [6.45, 7) is 0. The Morgan fingerprint density at radius 3 is 2.56 bits per heavy atom. The van der Waals surface area contributed by atoms with Crippen molar-refractivity contribution in [1.29, 1.82) is 0 Å². The van der Waals surface area contributed by atoms with Crippen molar-refractivity contribution < 1.29 is 9.50 Å². The normalized spacial score (nSPS) is 21.9. The first-order valence-corrected chi connectivity index (χ1v) is 6.25. The summed E-state index contributed by atoms with van der Waals surface area (Å²) in [4.78, 5) is 0. The highest BCUT2D eigenvalue weighted by molar-refractivity contribution is 5.35. The van der Waals surface area contributed by atoms with Crippen LogP contribution < -0.4 is 0 Å². The lowest BCUT2D eigenvalue weighted by Gasteiger charge is -2.15. The van der Waals surface area contributed by atoms with Crippen LogP contribution in [0.2, 0.25) is 0 Å². The van der Waals surface area contributed by atoms with E-state index in [4.69, 9.17) is 0 Å². The van der Waals surface area contributed by atoms with Crippen molar-refractivity contribution >= 4 is 0 Å². The Morgan fingerprint density at radius 1 is 1.06 bits per heavy atom. The Bertz CT molecular complexity index is 565. The Labute approximate surface area is 106 Å². The van der Waals surface area contributed by atoms with Gasteiger partial charge in [0.05, 0.1) is 6.10 Å².